The molecule has 5 rings (SSSR count). The summed E-state index contributed by atoms with van der Waals surface area (Å²) in [5.74, 6) is 2.98. The summed E-state index contributed by atoms with van der Waals surface area (Å²) in [6.45, 7) is 6.15. The average molecular weight is 479 g/mol. The van der Waals surface area contributed by atoms with Crippen molar-refractivity contribution in [2.45, 2.75) is 19.1 Å². The maximum atomic E-state index is 13.5. The van der Waals surface area contributed by atoms with Crippen LogP contribution in [0.5, 0.6) is 23.0 Å². The lowest BCUT2D eigenvalue weighted by Gasteiger charge is -2.35. The van der Waals surface area contributed by atoms with Gasteiger partial charge in [-0.2, -0.15) is 0 Å². The first-order valence-electron chi connectivity index (χ1n) is 12.1. The second kappa shape index (κ2) is 11.0. The molecule has 1 saturated heterocycles. The Morgan fingerprint density at radius 3 is 2.26 bits per heavy atom. The van der Waals surface area contributed by atoms with E-state index < -0.39 is 0 Å². The van der Waals surface area contributed by atoms with Gasteiger partial charge in [0.25, 0.3) is 0 Å². The molecule has 0 N–H and O–H groups in total. The normalized spacial score (nSPS) is 16.7. The van der Waals surface area contributed by atoms with E-state index in [1.165, 1.54) is 17.7 Å². The van der Waals surface area contributed by atoms with E-state index in [0.717, 1.165) is 74.3 Å². The van der Waals surface area contributed by atoms with Crippen LogP contribution in [0.2, 0.25) is 0 Å². The van der Waals surface area contributed by atoms with Crippen LogP contribution in [0.4, 0.5) is 4.39 Å². The first kappa shape index (κ1) is 23.5. The molecule has 2 aliphatic heterocycles. The smallest absolute Gasteiger partial charge is 0.231 e. The summed E-state index contributed by atoms with van der Waals surface area (Å²) in [4.78, 5) is 4.95. The lowest BCUT2D eigenvalue weighted by molar-refractivity contribution is 0.107. The minimum absolute atomic E-state index is 0.157. The van der Waals surface area contributed by atoms with Crippen LogP contribution in [-0.2, 0) is 6.54 Å². The van der Waals surface area contributed by atoms with Gasteiger partial charge in [0.15, 0.2) is 11.5 Å². The van der Waals surface area contributed by atoms with Crippen LogP contribution in [0.3, 0.4) is 0 Å². The molecule has 7 heteroatoms. The molecule has 1 unspecified atom stereocenters. The highest BCUT2D eigenvalue weighted by Gasteiger charge is 2.21. The molecular weight excluding hydrogens is 447 g/mol. The third kappa shape index (κ3) is 6.05. The van der Waals surface area contributed by atoms with Gasteiger partial charge in [0, 0.05) is 45.7 Å². The quantitative estimate of drug-likeness (QED) is 0.436. The highest BCUT2D eigenvalue weighted by molar-refractivity contribution is 5.44. The van der Waals surface area contributed by atoms with E-state index in [1.807, 2.05) is 42.5 Å². The van der Waals surface area contributed by atoms with Gasteiger partial charge in [0.1, 0.15) is 23.4 Å². The second-order valence-electron chi connectivity index (χ2n) is 8.93. The molecule has 0 bridgehead atoms. The van der Waals surface area contributed by atoms with Crippen molar-refractivity contribution in [2.75, 3.05) is 46.6 Å². The Bertz CT molecular complexity index is 1100. The molecule has 0 saturated carbocycles. The van der Waals surface area contributed by atoms with Gasteiger partial charge in [0.05, 0.1) is 7.11 Å². The summed E-state index contributed by atoms with van der Waals surface area (Å²) < 4.78 is 36.0. The van der Waals surface area contributed by atoms with Crippen molar-refractivity contribution in [2.24, 2.45) is 0 Å². The number of rotatable bonds is 9. The Balaban J connectivity index is 1.15. The first-order chi connectivity index (χ1) is 17.2. The van der Waals surface area contributed by atoms with Crippen molar-refractivity contribution in [1.82, 2.24) is 9.80 Å². The second-order valence-corrected chi connectivity index (χ2v) is 8.93. The Kier molecular flexibility index (Phi) is 7.35. The molecule has 0 aromatic heterocycles. The van der Waals surface area contributed by atoms with E-state index in [0.29, 0.717) is 6.79 Å². The van der Waals surface area contributed by atoms with E-state index in [9.17, 15) is 4.39 Å². The number of halogens is 1. The summed E-state index contributed by atoms with van der Waals surface area (Å²) in [5.41, 5.74) is 2.22. The fourth-order valence-corrected chi connectivity index (χ4v) is 4.56. The Hall–Kier alpha value is -3.29. The maximum Gasteiger partial charge on any atom is 0.231 e. The van der Waals surface area contributed by atoms with Gasteiger partial charge >= 0.3 is 0 Å². The van der Waals surface area contributed by atoms with E-state index in [2.05, 4.69) is 21.9 Å². The number of piperazine rings is 1. The molecule has 1 fully saturated rings. The Morgan fingerprint density at radius 2 is 1.51 bits per heavy atom. The molecular formula is C28H31FN2O4. The van der Waals surface area contributed by atoms with Crippen LogP contribution in [0.1, 0.15) is 23.7 Å². The first-order valence-corrected chi connectivity index (χ1v) is 12.1. The summed E-state index contributed by atoms with van der Waals surface area (Å²) >= 11 is 0. The van der Waals surface area contributed by atoms with Crippen molar-refractivity contribution in [3.63, 3.8) is 0 Å². The van der Waals surface area contributed by atoms with Gasteiger partial charge in [-0.1, -0.05) is 18.2 Å². The summed E-state index contributed by atoms with van der Waals surface area (Å²) in [5, 5.41) is 0. The highest BCUT2D eigenvalue weighted by atomic mass is 19.1. The van der Waals surface area contributed by atoms with Crippen molar-refractivity contribution in [1.29, 1.82) is 0 Å². The summed E-state index contributed by atoms with van der Waals surface area (Å²) in [6, 6.07) is 20.4. The van der Waals surface area contributed by atoms with Crippen molar-refractivity contribution >= 4 is 0 Å². The van der Waals surface area contributed by atoms with Crippen LogP contribution in [0, 0.1) is 5.82 Å². The Morgan fingerprint density at radius 1 is 0.829 bits per heavy atom. The average Bonchev–Trinajstić information content (AvgIpc) is 3.36. The molecule has 0 spiro atoms. The molecule has 3 aromatic carbocycles. The highest BCUT2D eigenvalue weighted by Crippen LogP contribution is 2.33. The van der Waals surface area contributed by atoms with Gasteiger partial charge in [0.2, 0.25) is 6.79 Å². The number of ether oxygens (including phenoxy) is 4. The number of benzene rings is 3. The number of nitrogens with zero attached hydrogens (tertiary/aromatic N) is 2. The molecule has 184 valence electrons. The van der Waals surface area contributed by atoms with E-state index >= 15 is 0 Å². The number of hydrogen-bond donors (Lipinski definition) is 0. The number of methoxy groups -OCH3 is 1. The molecule has 3 aromatic rings. The fraction of sp³-hybridized carbons (Fsp3) is 0.357. The molecule has 1 atom stereocenters. The van der Waals surface area contributed by atoms with Crippen LogP contribution in [0.25, 0.3) is 0 Å². The zero-order chi connectivity index (χ0) is 24.0. The van der Waals surface area contributed by atoms with Crippen molar-refractivity contribution in [3.05, 3.63) is 83.7 Å². The third-order valence-electron chi connectivity index (χ3n) is 6.60. The minimum atomic E-state index is -0.240. The van der Waals surface area contributed by atoms with E-state index in [1.54, 1.807) is 7.11 Å². The molecule has 35 heavy (non-hydrogen) atoms. The third-order valence-corrected chi connectivity index (χ3v) is 6.60. The van der Waals surface area contributed by atoms with Gasteiger partial charge in [-0.15, -0.1) is 0 Å². The van der Waals surface area contributed by atoms with Crippen LogP contribution in [-0.4, -0.2) is 56.4 Å². The lowest BCUT2D eigenvalue weighted by Crippen LogP contribution is -2.46. The van der Waals surface area contributed by atoms with Crippen LogP contribution in [0.15, 0.2) is 66.7 Å². The lowest BCUT2D eigenvalue weighted by atomic mass is 10.1. The minimum Gasteiger partial charge on any atom is -0.497 e. The maximum absolute atomic E-state index is 13.5. The van der Waals surface area contributed by atoms with E-state index in [-0.39, 0.29) is 11.9 Å². The molecule has 2 heterocycles. The van der Waals surface area contributed by atoms with Gasteiger partial charge in [-0.05, 0) is 59.7 Å². The topological polar surface area (TPSA) is 43.4 Å². The molecule has 6 nitrogen and oxygen atoms in total. The predicted octanol–water partition coefficient (Wildman–Crippen LogP) is 4.89. The van der Waals surface area contributed by atoms with Crippen molar-refractivity contribution in [3.8, 4) is 23.0 Å². The van der Waals surface area contributed by atoms with Gasteiger partial charge in [-0.25, -0.2) is 4.39 Å². The zero-order valence-electron chi connectivity index (χ0n) is 20.0. The fourth-order valence-electron chi connectivity index (χ4n) is 4.56. The standard InChI is InChI=1S/C28H31FN2O4/c1-32-24-7-9-25(10-8-24)35-26(22-3-5-23(29)6-4-22)12-13-30-14-16-31(17-15-30)19-21-2-11-27-28(18-21)34-20-33-27/h2-11,18,26H,12-17,19-20H2,1H3. The van der Waals surface area contributed by atoms with Crippen LogP contribution >= 0.6 is 0 Å². The molecule has 0 amide bonds. The van der Waals surface area contributed by atoms with Gasteiger partial charge < -0.3 is 23.8 Å². The van der Waals surface area contributed by atoms with E-state index in [4.69, 9.17) is 18.9 Å². The molecule has 2 aliphatic rings. The monoisotopic (exact) mass is 478 g/mol. The van der Waals surface area contributed by atoms with Crippen LogP contribution < -0.4 is 18.9 Å². The van der Waals surface area contributed by atoms with Crippen molar-refractivity contribution < 1.29 is 23.3 Å². The number of hydrogen-bond acceptors (Lipinski definition) is 6. The predicted molar refractivity (Wildman–Crippen MR) is 132 cm³/mol. The number of fused-ring (bicyclic) bond motifs is 1. The summed E-state index contributed by atoms with van der Waals surface area (Å²) in [6.07, 6.45) is 0.662. The SMILES string of the molecule is COc1ccc(OC(CCN2CCN(Cc3ccc4c(c3)OCO4)CC2)c2ccc(F)cc2)cc1. The summed E-state index contributed by atoms with van der Waals surface area (Å²) in [7, 11) is 1.64. The molecule has 0 radical (unpaired) electrons. The molecule has 0 aliphatic carbocycles. The Labute approximate surface area is 205 Å². The largest absolute Gasteiger partial charge is 0.497 e. The van der Waals surface area contributed by atoms with Gasteiger partial charge in [-0.3, -0.25) is 4.90 Å². The zero-order valence-corrected chi connectivity index (χ0v) is 20.0.